The first-order valence-electron chi connectivity index (χ1n) is 7.79. The first-order valence-corrected chi connectivity index (χ1v) is 7.79. The van der Waals surface area contributed by atoms with Crippen LogP contribution in [0.15, 0.2) is 36.4 Å². The van der Waals surface area contributed by atoms with E-state index >= 15 is 0 Å². The molecule has 0 spiro atoms. The average molecular weight is 374 g/mol. The second-order valence-corrected chi connectivity index (χ2v) is 5.47. The third kappa shape index (κ3) is 4.94. The molecule has 9 nitrogen and oxygen atoms in total. The molecule has 0 aliphatic rings. The Kier molecular flexibility index (Phi) is 6.32. The predicted octanol–water partition coefficient (Wildman–Crippen LogP) is 2.72. The number of nitro benzene ring substituents is 1. The number of carbonyl (C=O) groups excluding carboxylic acids is 2. The highest BCUT2D eigenvalue weighted by Gasteiger charge is 2.19. The van der Waals surface area contributed by atoms with Gasteiger partial charge >= 0.3 is 5.97 Å². The number of methoxy groups -OCH3 is 2. The van der Waals surface area contributed by atoms with E-state index in [0.717, 1.165) is 5.56 Å². The van der Waals surface area contributed by atoms with Crippen molar-refractivity contribution in [3.05, 3.63) is 57.6 Å². The van der Waals surface area contributed by atoms with Gasteiger partial charge in [-0.25, -0.2) is 4.79 Å². The SMILES string of the molecule is COc1ccc(NC(=O)COC(=O)c2cc(C)ccc2OC)c([N+](=O)[O-])c1. The molecule has 0 atom stereocenters. The van der Waals surface area contributed by atoms with Gasteiger partial charge in [0.05, 0.1) is 25.2 Å². The van der Waals surface area contributed by atoms with Gasteiger partial charge in [0.25, 0.3) is 11.6 Å². The number of anilines is 1. The van der Waals surface area contributed by atoms with E-state index in [0.29, 0.717) is 5.75 Å². The van der Waals surface area contributed by atoms with Crippen LogP contribution in [0.5, 0.6) is 11.5 Å². The number of ether oxygens (including phenoxy) is 3. The van der Waals surface area contributed by atoms with Crippen LogP contribution in [0.25, 0.3) is 0 Å². The maximum absolute atomic E-state index is 12.2. The highest BCUT2D eigenvalue weighted by molar-refractivity contribution is 5.98. The van der Waals surface area contributed by atoms with Gasteiger partial charge in [-0.3, -0.25) is 14.9 Å². The molecule has 2 aromatic carbocycles. The van der Waals surface area contributed by atoms with E-state index in [4.69, 9.17) is 14.2 Å². The smallest absolute Gasteiger partial charge is 0.342 e. The minimum Gasteiger partial charge on any atom is -0.496 e. The highest BCUT2D eigenvalue weighted by atomic mass is 16.6. The summed E-state index contributed by atoms with van der Waals surface area (Å²) in [5.41, 5.74) is 0.631. The third-order valence-corrected chi connectivity index (χ3v) is 3.58. The summed E-state index contributed by atoms with van der Waals surface area (Å²) >= 11 is 0. The lowest BCUT2D eigenvalue weighted by atomic mass is 10.1. The van der Waals surface area contributed by atoms with Gasteiger partial charge in [-0.2, -0.15) is 0 Å². The maximum Gasteiger partial charge on any atom is 0.342 e. The molecule has 9 heteroatoms. The second-order valence-electron chi connectivity index (χ2n) is 5.47. The fourth-order valence-corrected chi connectivity index (χ4v) is 2.27. The zero-order chi connectivity index (χ0) is 20.0. The van der Waals surface area contributed by atoms with Crippen LogP contribution in [0.4, 0.5) is 11.4 Å². The lowest BCUT2D eigenvalue weighted by Gasteiger charge is -2.10. The molecule has 0 saturated carbocycles. The van der Waals surface area contributed by atoms with Crippen LogP contribution in [0, 0.1) is 17.0 Å². The minimum absolute atomic E-state index is 0.0324. The van der Waals surface area contributed by atoms with Gasteiger partial charge in [0, 0.05) is 0 Å². The van der Waals surface area contributed by atoms with Crippen LogP contribution in [-0.4, -0.2) is 37.6 Å². The Balaban J connectivity index is 2.06. The summed E-state index contributed by atoms with van der Waals surface area (Å²) in [4.78, 5) is 34.7. The summed E-state index contributed by atoms with van der Waals surface area (Å²) in [6.07, 6.45) is 0. The van der Waals surface area contributed by atoms with Gasteiger partial charge in [0.15, 0.2) is 6.61 Å². The molecule has 1 N–H and O–H groups in total. The Morgan fingerprint density at radius 3 is 2.48 bits per heavy atom. The molecule has 0 aliphatic carbocycles. The average Bonchev–Trinajstić information content (AvgIpc) is 2.66. The number of nitro groups is 1. The molecule has 0 radical (unpaired) electrons. The first-order chi connectivity index (χ1) is 12.8. The van der Waals surface area contributed by atoms with Crippen molar-refractivity contribution in [3.8, 4) is 11.5 Å². The molecule has 0 aliphatic heterocycles. The lowest BCUT2D eigenvalue weighted by molar-refractivity contribution is -0.384. The van der Waals surface area contributed by atoms with E-state index in [2.05, 4.69) is 5.32 Å². The lowest BCUT2D eigenvalue weighted by Crippen LogP contribution is -2.21. The molecule has 2 aromatic rings. The van der Waals surface area contributed by atoms with Gasteiger partial charge in [-0.15, -0.1) is 0 Å². The van der Waals surface area contributed by atoms with Crippen molar-refractivity contribution in [1.82, 2.24) is 0 Å². The van der Waals surface area contributed by atoms with Crippen LogP contribution < -0.4 is 14.8 Å². The summed E-state index contributed by atoms with van der Waals surface area (Å²) in [5, 5.41) is 13.5. The molecular weight excluding hydrogens is 356 g/mol. The fraction of sp³-hybridized carbons (Fsp3) is 0.222. The van der Waals surface area contributed by atoms with Crippen molar-refractivity contribution in [1.29, 1.82) is 0 Å². The van der Waals surface area contributed by atoms with Crippen LogP contribution in [0.1, 0.15) is 15.9 Å². The molecule has 0 bridgehead atoms. The van der Waals surface area contributed by atoms with E-state index in [9.17, 15) is 19.7 Å². The van der Waals surface area contributed by atoms with Gasteiger partial charge in [0.1, 0.15) is 22.7 Å². The number of nitrogens with one attached hydrogen (secondary N) is 1. The van der Waals surface area contributed by atoms with E-state index < -0.39 is 23.4 Å². The molecule has 1 amide bonds. The Morgan fingerprint density at radius 2 is 1.85 bits per heavy atom. The molecule has 0 fully saturated rings. The largest absolute Gasteiger partial charge is 0.496 e. The number of esters is 1. The number of benzene rings is 2. The van der Waals surface area contributed by atoms with E-state index in [1.165, 1.54) is 32.4 Å². The zero-order valence-electron chi connectivity index (χ0n) is 15.0. The van der Waals surface area contributed by atoms with Crippen molar-refractivity contribution in [2.24, 2.45) is 0 Å². The minimum atomic E-state index is -0.741. The van der Waals surface area contributed by atoms with Crippen molar-refractivity contribution in [2.45, 2.75) is 6.92 Å². The zero-order valence-corrected chi connectivity index (χ0v) is 15.0. The van der Waals surface area contributed by atoms with E-state index in [1.807, 2.05) is 0 Å². The van der Waals surface area contributed by atoms with Crippen molar-refractivity contribution >= 4 is 23.3 Å². The van der Waals surface area contributed by atoms with Gasteiger partial charge in [0.2, 0.25) is 0 Å². The van der Waals surface area contributed by atoms with Gasteiger partial charge in [-0.05, 0) is 31.2 Å². The summed E-state index contributed by atoms with van der Waals surface area (Å²) in [5.74, 6) is -0.868. The fourth-order valence-electron chi connectivity index (χ4n) is 2.27. The number of hydrogen-bond donors (Lipinski definition) is 1. The quantitative estimate of drug-likeness (QED) is 0.450. The molecule has 2 rings (SSSR count). The Hall–Kier alpha value is -3.62. The number of rotatable bonds is 7. The second kappa shape index (κ2) is 8.65. The Labute approximate surface area is 155 Å². The van der Waals surface area contributed by atoms with Gasteiger partial charge in [-0.1, -0.05) is 11.6 Å². The molecule has 142 valence electrons. The normalized spacial score (nSPS) is 10.0. The van der Waals surface area contributed by atoms with Crippen molar-refractivity contribution < 1.29 is 28.7 Å². The number of nitrogens with zero attached hydrogens (tertiary/aromatic N) is 1. The number of carbonyl (C=O) groups is 2. The number of aryl methyl sites for hydroxylation is 1. The van der Waals surface area contributed by atoms with Crippen molar-refractivity contribution in [2.75, 3.05) is 26.1 Å². The van der Waals surface area contributed by atoms with Crippen molar-refractivity contribution in [3.63, 3.8) is 0 Å². The molecule has 0 heterocycles. The van der Waals surface area contributed by atoms with Gasteiger partial charge < -0.3 is 19.5 Å². The molecule has 0 unspecified atom stereocenters. The van der Waals surface area contributed by atoms with Crippen LogP contribution >= 0.6 is 0 Å². The van der Waals surface area contributed by atoms with Crippen LogP contribution in [-0.2, 0) is 9.53 Å². The van der Waals surface area contributed by atoms with Crippen LogP contribution in [0.2, 0.25) is 0 Å². The molecule has 0 aromatic heterocycles. The molecule has 0 saturated heterocycles. The molecular formula is C18H18N2O7. The number of hydrogen-bond acceptors (Lipinski definition) is 7. The predicted molar refractivity (Wildman–Crippen MR) is 96.3 cm³/mol. The standard InChI is InChI=1S/C18H18N2O7/c1-11-4-7-16(26-3)13(8-11)18(22)27-10-17(21)19-14-6-5-12(25-2)9-15(14)20(23)24/h4-9H,10H2,1-3H3,(H,19,21). The first kappa shape index (κ1) is 19.7. The maximum atomic E-state index is 12.2. The summed E-state index contributed by atoms with van der Waals surface area (Å²) < 4.78 is 15.0. The number of amides is 1. The highest BCUT2D eigenvalue weighted by Crippen LogP contribution is 2.29. The summed E-state index contributed by atoms with van der Waals surface area (Å²) in [7, 11) is 2.79. The topological polar surface area (TPSA) is 117 Å². The van der Waals surface area contributed by atoms with Crippen LogP contribution in [0.3, 0.4) is 0 Å². The molecule has 27 heavy (non-hydrogen) atoms. The third-order valence-electron chi connectivity index (χ3n) is 3.58. The monoisotopic (exact) mass is 374 g/mol. The Bertz CT molecular complexity index is 880. The summed E-state index contributed by atoms with van der Waals surface area (Å²) in [6, 6.07) is 8.94. The Morgan fingerprint density at radius 1 is 1.11 bits per heavy atom. The van der Waals surface area contributed by atoms with E-state index in [1.54, 1.807) is 25.1 Å². The van der Waals surface area contributed by atoms with E-state index in [-0.39, 0.29) is 22.7 Å². The summed E-state index contributed by atoms with van der Waals surface area (Å²) in [6.45, 7) is 1.19.